The third-order valence-corrected chi connectivity index (χ3v) is 12.0. The fourth-order valence-electron chi connectivity index (χ4n) is 8.64. The monoisotopic (exact) mass is 601 g/mol. The van der Waals surface area contributed by atoms with Crippen LogP contribution in [0.1, 0.15) is 88.3 Å². The Kier molecular flexibility index (Phi) is 9.29. The fourth-order valence-corrected chi connectivity index (χ4v) is 9.04. The Hall–Kier alpha value is -1.89. The minimum absolute atomic E-state index is 0.0104. The molecule has 2 aromatic rings. The van der Waals surface area contributed by atoms with Crippen LogP contribution in [0.25, 0.3) is 12.2 Å². The van der Waals surface area contributed by atoms with Crippen molar-refractivity contribution in [1.29, 1.82) is 0 Å². The lowest BCUT2D eigenvalue weighted by Crippen LogP contribution is -2.45. The second-order valence-corrected chi connectivity index (χ2v) is 15.5. The molecule has 3 aliphatic carbocycles. The number of benzene rings is 2. The molecule has 0 aromatic heterocycles. The first kappa shape index (κ1) is 31.1. The third kappa shape index (κ3) is 6.44. The number of aliphatic hydroxyl groups is 2. The second-order valence-electron chi connectivity index (χ2n) is 14.7. The van der Waals surface area contributed by atoms with Gasteiger partial charge < -0.3 is 10.2 Å². The summed E-state index contributed by atoms with van der Waals surface area (Å²) < 4.78 is 0. The number of allylic oxidation sites excluding steroid dienone is 1. The molecule has 0 radical (unpaired) electrons. The quantitative estimate of drug-likeness (QED) is 0.181. The predicted octanol–water partition coefficient (Wildman–Crippen LogP) is 8.21. The van der Waals surface area contributed by atoms with E-state index in [0.717, 1.165) is 45.2 Å². The van der Waals surface area contributed by atoms with Crippen molar-refractivity contribution in [1.82, 2.24) is 5.06 Å². The lowest BCUT2D eigenvalue weighted by atomic mass is 9.53. The first-order valence-corrected chi connectivity index (χ1v) is 17.7. The molecule has 232 valence electrons. The highest BCUT2D eigenvalue weighted by molar-refractivity contribution is 7.98. The van der Waals surface area contributed by atoms with Gasteiger partial charge in [-0.1, -0.05) is 80.5 Å². The largest absolute Gasteiger partial charge is 0.396 e. The van der Waals surface area contributed by atoms with Crippen LogP contribution in [-0.4, -0.2) is 53.9 Å². The van der Waals surface area contributed by atoms with Crippen molar-refractivity contribution in [3.8, 4) is 0 Å². The molecular weight excluding hydrogens is 550 g/mol. The van der Waals surface area contributed by atoms with Crippen molar-refractivity contribution in [2.45, 2.75) is 82.6 Å². The first-order chi connectivity index (χ1) is 20.7. The molecule has 4 aliphatic rings. The lowest BCUT2D eigenvalue weighted by Gasteiger charge is -2.52. The molecule has 6 rings (SSSR count). The zero-order valence-electron chi connectivity index (χ0n) is 26.6. The SMILES string of the molecule is CSc1ccc(/C=C/c2ccc(C3CC4(C)C(O)CCC4C4CCC5CCN(OCC(C)(C)CO)CCC5=C34)cc2)cc1. The minimum Gasteiger partial charge on any atom is -0.396 e. The summed E-state index contributed by atoms with van der Waals surface area (Å²) in [5, 5.41) is 23.2. The van der Waals surface area contributed by atoms with Gasteiger partial charge in [0.2, 0.25) is 0 Å². The van der Waals surface area contributed by atoms with E-state index in [1.807, 2.05) is 0 Å². The van der Waals surface area contributed by atoms with Crippen molar-refractivity contribution < 1.29 is 15.1 Å². The summed E-state index contributed by atoms with van der Waals surface area (Å²) >= 11 is 1.77. The van der Waals surface area contributed by atoms with E-state index >= 15 is 0 Å². The van der Waals surface area contributed by atoms with E-state index in [2.05, 4.69) is 92.8 Å². The van der Waals surface area contributed by atoms with Gasteiger partial charge in [-0.25, -0.2) is 0 Å². The van der Waals surface area contributed by atoms with Crippen LogP contribution in [0.15, 0.2) is 64.6 Å². The summed E-state index contributed by atoms with van der Waals surface area (Å²) in [4.78, 5) is 7.55. The van der Waals surface area contributed by atoms with Crippen LogP contribution in [0.5, 0.6) is 0 Å². The standard InChI is InChI=1S/C38H51NO3S/c1-37(2,24-40)25-42-39-21-19-29-13-16-32-34-17-18-35(41)38(34,3)23-33(36(32)31(29)20-22-39)28-11-7-26(8-12-28)5-6-27-9-14-30(43-4)15-10-27/h5-12,14-15,29,32-35,40-41H,13,16-25H2,1-4H3/b6-5+. The Morgan fingerprint density at radius 3 is 2.33 bits per heavy atom. The lowest BCUT2D eigenvalue weighted by molar-refractivity contribution is -0.182. The predicted molar refractivity (Wildman–Crippen MR) is 179 cm³/mol. The Bertz CT molecular complexity index is 1320. The fraction of sp³-hybridized carbons (Fsp3) is 0.579. The average Bonchev–Trinajstić information content (AvgIpc) is 3.18. The molecule has 5 heteroatoms. The van der Waals surface area contributed by atoms with Crippen LogP contribution in [0.4, 0.5) is 0 Å². The smallest absolute Gasteiger partial charge is 0.0758 e. The van der Waals surface area contributed by atoms with Gasteiger partial charge in [-0.15, -0.1) is 11.8 Å². The van der Waals surface area contributed by atoms with Crippen molar-refractivity contribution in [2.24, 2.45) is 28.6 Å². The number of rotatable bonds is 8. The summed E-state index contributed by atoms with van der Waals surface area (Å²) in [6.07, 6.45) is 14.2. The highest BCUT2D eigenvalue weighted by Gasteiger charge is 2.56. The number of hydrogen-bond donors (Lipinski definition) is 2. The third-order valence-electron chi connectivity index (χ3n) is 11.3. The molecule has 0 spiro atoms. The first-order valence-electron chi connectivity index (χ1n) is 16.5. The molecule has 43 heavy (non-hydrogen) atoms. The zero-order chi connectivity index (χ0) is 30.2. The Morgan fingerprint density at radius 1 is 0.953 bits per heavy atom. The van der Waals surface area contributed by atoms with Crippen molar-refractivity contribution in [3.05, 3.63) is 76.4 Å². The molecule has 6 unspecified atom stereocenters. The van der Waals surface area contributed by atoms with Gasteiger partial charge in [0.1, 0.15) is 0 Å². The van der Waals surface area contributed by atoms with Crippen molar-refractivity contribution >= 4 is 23.9 Å². The molecule has 1 heterocycles. The van der Waals surface area contributed by atoms with Crippen LogP contribution in [0, 0.1) is 28.6 Å². The molecule has 6 atom stereocenters. The Morgan fingerprint density at radius 2 is 1.65 bits per heavy atom. The van der Waals surface area contributed by atoms with E-state index in [0.29, 0.717) is 30.3 Å². The van der Waals surface area contributed by atoms with E-state index in [4.69, 9.17) is 4.84 Å². The molecule has 2 aromatic carbocycles. The number of hydroxylamine groups is 2. The van der Waals surface area contributed by atoms with Crippen LogP contribution in [0.2, 0.25) is 0 Å². The Labute approximate surface area is 263 Å². The molecule has 3 fully saturated rings. The number of hydrogen-bond acceptors (Lipinski definition) is 5. The van der Waals surface area contributed by atoms with Gasteiger partial charge >= 0.3 is 0 Å². The summed E-state index contributed by atoms with van der Waals surface area (Å²) in [5.41, 5.74) is 7.05. The van der Waals surface area contributed by atoms with Crippen LogP contribution in [-0.2, 0) is 4.84 Å². The van der Waals surface area contributed by atoms with Crippen LogP contribution >= 0.6 is 11.8 Å². The van der Waals surface area contributed by atoms with Crippen LogP contribution in [0.3, 0.4) is 0 Å². The topological polar surface area (TPSA) is 52.9 Å². The van der Waals surface area contributed by atoms with Gasteiger partial charge in [-0.2, -0.15) is 5.06 Å². The minimum atomic E-state index is -0.228. The summed E-state index contributed by atoms with van der Waals surface area (Å²) in [6, 6.07) is 18.0. The number of nitrogens with zero attached hydrogens (tertiary/aromatic N) is 1. The summed E-state index contributed by atoms with van der Waals surface area (Å²) in [5.74, 6) is 2.16. The van der Waals surface area contributed by atoms with E-state index in [9.17, 15) is 10.2 Å². The second kappa shape index (κ2) is 12.8. The van der Waals surface area contributed by atoms with Gasteiger partial charge in [0.15, 0.2) is 0 Å². The van der Waals surface area contributed by atoms with Gasteiger partial charge in [-0.3, -0.25) is 4.84 Å². The maximum absolute atomic E-state index is 11.3. The molecular formula is C38H51NO3S. The molecule has 0 amide bonds. The van der Waals surface area contributed by atoms with E-state index in [1.54, 1.807) is 22.9 Å². The summed E-state index contributed by atoms with van der Waals surface area (Å²) in [6.45, 7) is 9.07. The van der Waals surface area contributed by atoms with Gasteiger partial charge in [0.25, 0.3) is 0 Å². The van der Waals surface area contributed by atoms with E-state index in [-0.39, 0.29) is 23.5 Å². The number of aliphatic hydroxyl groups excluding tert-OH is 2. The van der Waals surface area contributed by atoms with E-state index < -0.39 is 0 Å². The highest BCUT2D eigenvalue weighted by Crippen LogP contribution is 2.63. The van der Waals surface area contributed by atoms with Crippen LogP contribution < -0.4 is 0 Å². The number of fused-ring (bicyclic) bond motifs is 4. The average molecular weight is 602 g/mol. The molecule has 1 aliphatic heterocycles. The molecule has 1 saturated heterocycles. The zero-order valence-corrected chi connectivity index (χ0v) is 27.4. The molecule has 2 saturated carbocycles. The van der Waals surface area contributed by atoms with Gasteiger partial charge in [-0.05, 0) is 103 Å². The molecule has 0 bridgehead atoms. The summed E-state index contributed by atoms with van der Waals surface area (Å²) in [7, 11) is 0. The normalized spacial score (nSPS) is 31.5. The Balaban J connectivity index is 1.28. The molecule has 2 N–H and O–H groups in total. The maximum Gasteiger partial charge on any atom is 0.0758 e. The van der Waals surface area contributed by atoms with Crippen molar-refractivity contribution in [2.75, 3.05) is 32.6 Å². The van der Waals surface area contributed by atoms with Gasteiger partial charge in [0.05, 0.1) is 19.3 Å². The number of thioether (sulfide) groups is 1. The van der Waals surface area contributed by atoms with Crippen molar-refractivity contribution in [3.63, 3.8) is 0 Å². The molecule has 4 nitrogen and oxygen atoms in total. The van der Waals surface area contributed by atoms with Gasteiger partial charge in [0, 0.05) is 29.3 Å². The van der Waals surface area contributed by atoms with E-state index in [1.165, 1.54) is 34.4 Å². The maximum atomic E-state index is 11.3. The highest BCUT2D eigenvalue weighted by atomic mass is 32.2.